The van der Waals surface area contributed by atoms with Gasteiger partial charge in [0.1, 0.15) is 11.5 Å². The summed E-state index contributed by atoms with van der Waals surface area (Å²) in [6.07, 6.45) is 2.85. The molecule has 0 saturated carbocycles. The fourth-order valence-electron chi connectivity index (χ4n) is 2.18. The number of carbonyl (C=O) groups is 1. The van der Waals surface area contributed by atoms with Gasteiger partial charge in [-0.15, -0.1) is 0 Å². The number of amides is 1. The van der Waals surface area contributed by atoms with Crippen molar-refractivity contribution in [3.05, 3.63) is 66.5 Å². The van der Waals surface area contributed by atoms with Crippen LogP contribution in [0, 0.1) is 0 Å². The number of aromatic nitrogens is 2. The first-order chi connectivity index (χ1) is 11.6. The van der Waals surface area contributed by atoms with E-state index in [-0.39, 0.29) is 17.5 Å². The third-order valence-corrected chi connectivity index (χ3v) is 3.29. The van der Waals surface area contributed by atoms with Crippen molar-refractivity contribution in [1.82, 2.24) is 9.97 Å². The number of benzene rings is 1. The predicted octanol–water partition coefficient (Wildman–Crippen LogP) is 4.24. The molecule has 0 spiro atoms. The Hall–Kier alpha value is -3.15. The molecule has 0 unspecified atom stereocenters. The zero-order valence-corrected chi connectivity index (χ0v) is 13.4. The Kier molecular flexibility index (Phi) is 4.56. The highest BCUT2D eigenvalue weighted by Crippen LogP contribution is 2.23. The van der Waals surface area contributed by atoms with Crippen LogP contribution < -0.4 is 10.1 Å². The summed E-state index contributed by atoms with van der Waals surface area (Å²) in [5.74, 6) is 1.37. The standard InChI is InChI=1S/C18H17N3O3/c1-12(2)17-16(20-11-23-17)18(22)21-13-8-9-19-15(10-13)24-14-6-4-3-5-7-14/h3-12H,1-2H3,(H,19,21,22). The largest absolute Gasteiger partial charge is 0.447 e. The van der Waals surface area contributed by atoms with Crippen molar-refractivity contribution >= 4 is 11.6 Å². The summed E-state index contributed by atoms with van der Waals surface area (Å²) in [6.45, 7) is 3.88. The number of pyridine rings is 1. The molecule has 2 heterocycles. The number of rotatable bonds is 5. The van der Waals surface area contributed by atoms with Gasteiger partial charge < -0.3 is 14.5 Å². The number of carbonyl (C=O) groups excluding carboxylic acids is 1. The lowest BCUT2D eigenvalue weighted by molar-refractivity contribution is 0.102. The summed E-state index contributed by atoms with van der Waals surface area (Å²) < 4.78 is 10.9. The van der Waals surface area contributed by atoms with Gasteiger partial charge in [-0.1, -0.05) is 32.0 Å². The van der Waals surface area contributed by atoms with E-state index >= 15 is 0 Å². The lowest BCUT2D eigenvalue weighted by atomic mass is 10.1. The van der Waals surface area contributed by atoms with Gasteiger partial charge in [0.25, 0.3) is 5.91 Å². The van der Waals surface area contributed by atoms with Crippen LogP contribution in [0.4, 0.5) is 5.69 Å². The first-order valence-electron chi connectivity index (χ1n) is 7.57. The Morgan fingerprint density at radius 3 is 2.71 bits per heavy atom. The highest BCUT2D eigenvalue weighted by molar-refractivity contribution is 6.03. The summed E-state index contributed by atoms with van der Waals surface area (Å²) in [6, 6.07) is 12.7. The topological polar surface area (TPSA) is 77.3 Å². The molecule has 1 aromatic carbocycles. The van der Waals surface area contributed by atoms with E-state index in [1.54, 1.807) is 18.3 Å². The summed E-state index contributed by atoms with van der Waals surface area (Å²) in [7, 11) is 0. The highest BCUT2D eigenvalue weighted by Gasteiger charge is 2.19. The minimum Gasteiger partial charge on any atom is -0.447 e. The number of hydrogen-bond donors (Lipinski definition) is 1. The molecule has 3 rings (SSSR count). The first-order valence-corrected chi connectivity index (χ1v) is 7.57. The first kappa shape index (κ1) is 15.7. The van der Waals surface area contributed by atoms with Crippen molar-refractivity contribution in [3.63, 3.8) is 0 Å². The molecule has 3 aromatic rings. The summed E-state index contributed by atoms with van der Waals surface area (Å²) in [5.41, 5.74) is 0.853. The number of para-hydroxylation sites is 1. The van der Waals surface area contributed by atoms with Gasteiger partial charge in [-0.25, -0.2) is 9.97 Å². The Bertz CT molecular complexity index is 828. The maximum atomic E-state index is 12.4. The van der Waals surface area contributed by atoms with Gasteiger partial charge in [0.2, 0.25) is 5.88 Å². The van der Waals surface area contributed by atoms with E-state index in [1.807, 2.05) is 44.2 Å². The van der Waals surface area contributed by atoms with Crippen LogP contribution in [0.3, 0.4) is 0 Å². The Balaban J connectivity index is 1.75. The molecule has 0 radical (unpaired) electrons. The summed E-state index contributed by atoms with van der Waals surface area (Å²) in [5, 5.41) is 2.78. The molecule has 0 saturated heterocycles. The van der Waals surface area contributed by atoms with E-state index in [4.69, 9.17) is 9.15 Å². The molecule has 6 heteroatoms. The molecule has 0 atom stereocenters. The number of nitrogens with zero attached hydrogens (tertiary/aromatic N) is 2. The zero-order valence-electron chi connectivity index (χ0n) is 13.4. The van der Waals surface area contributed by atoms with Crippen molar-refractivity contribution < 1.29 is 13.9 Å². The monoisotopic (exact) mass is 323 g/mol. The summed E-state index contributed by atoms with van der Waals surface area (Å²) in [4.78, 5) is 20.5. The molecule has 0 aliphatic heterocycles. The summed E-state index contributed by atoms with van der Waals surface area (Å²) >= 11 is 0. The van der Waals surface area contributed by atoms with E-state index < -0.39 is 0 Å². The quantitative estimate of drug-likeness (QED) is 0.760. The molecule has 1 amide bonds. The van der Waals surface area contributed by atoms with Crippen LogP contribution >= 0.6 is 0 Å². The van der Waals surface area contributed by atoms with Crippen molar-refractivity contribution in [3.8, 4) is 11.6 Å². The van der Waals surface area contributed by atoms with E-state index in [2.05, 4.69) is 15.3 Å². The van der Waals surface area contributed by atoms with Crippen molar-refractivity contribution in [2.45, 2.75) is 19.8 Å². The molecule has 0 bridgehead atoms. The van der Waals surface area contributed by atoms with Crippen molar-refractivity contribution in [1.29, 1.82) is 0 Å². The van der Waals surface area contributed by atoms with Gasteiger partial charge in [-0.3, -0.25) is 4.79 Å². The van der Waals surface area contributed by atoms with Gasteiger partial charge in [-0.05, 0) is 18.2 Å². The lowest BCUT2D eigenvalue weighted by Gasteiger charge is -2.08. The average molecular weight is 323 g/mol. The third kappa shape index (κ3) is 3.60. The highest BCUT2D eigenvalue weighted by atomic mass is 16.5. The minimum atomic E-state index is -0.329. The number of anilines is 1. The molecule has 122 valence electrons. The zero-order chi connectivity index (χ0) is 16.9. The second kappa shape index (κ2) is 6.95. The second-order valence-electron chi connectivity index (χ2n) is 5.47. The number of oxazole rings is 1. The van der Waals surface area contributed by atoms with E-state index in [0.29, 0.717) is 23.1 Å². The minimum absolute atomic E-state index is 0.0719. The van der Waals surface area contributed by atoms with Crippen LogP contribution in [-0.4, -0.2) is 15.9 Å². The lowest BCUT2D eigenvalue weighted by Crippen LogP contribution is -2.14. The van der Waals surface area contributed by atoms with Crippen molar-refractivity contribution in [2.24, 2.45) is 0 Å². The molecular formula is C18H17N3O3. The van der Waals surface area contributed by atoms with Gasteiger partial charge >= 0.3 is 0 Å². The molecule has 0 aliphatic carbocycles. The van der Waals surface area contributed by atoms with Gasteiger partial charge in [-0.2, -0.15) is 0 Å². The molecule has 0 aliphatic rings. The Labute approximate surface area is 139 Å². The van der Waals surface area contributed by atoms with Crippen LogP contribution in [0.5, 0.6) is 11.6 Å². The number of nitrogens with one attached hydrogen (secondary N) is 1. The Morgan fingerprint density at radius 2 is 1.96 bits per heavy atom. The number of hydrogen-bond acceptors (Lipinski definition) is 5. The Morgan fingerprint density at radius 1 is 1.17 bits per heavy atom. The van der Waals surface area contributed by atoms with Crippen LogP contribution in [0.25, 0.3) is 0 Å². The number of ether oxygens (including phenoxy) is 1. The molecule has 2 aromatic heterocycles. The fourth-order valence-corrected chi connectivity index (χ4v) is 2.18. The van der Waals surface area contributed by atoms with E-state index in [9.17, 15) is 4.79 Å². The maximum Gasteiger partial charge on any atom is 0.277 e. The second-order valence-corrected chi connectivity index (χ2v) is 5.47. The van der Waals surface area contributed by atoms with Crippen molar-refractivity contribution in [2.75, 3.05) is 5.32 Å². The van der Waals surface area contributed by atoms with Crippen LogP contribution in [0.15, 0.2) is 59.5 Å². The molecule has 6 nitrogen and oxygen atoms in total. The molecule has 0 fully saturated rings. The smallest absolute Gasteiger partial charge is 0.277 e. The third-order valence-electron chi connectivity index (χ3n) is 3.29. The van der Waals surface area contributed by atoms with Gasteiger partial charge in [0, 0.05) is 23.9 Å². The van der Waals surface area contributed by atoms with Gasteiger partial charge in [0.05, 0.1) is 0 Å². The van der Waals surface area contributed by atoms with Gasteiger partial charge in [0.15, 0.2) is 12.1 Å². The molecule has 24 heavy (non-hydrogen) atoms. The van der Waals surface area contributed by atoms with E-state index in [1.165, 1.54) is 6.39 Å². The molecule has 1 N–H and O–H groups in total. The van der Waals surface area contributed by atoms with Crippen LogP contribution in [0.2, 0.25) is 0 Å². The van der Waals surface area contributed by atoms with Crippen LogP contribution in [-0.2, 0) is 0 Å². The normalized spacial score (nSPS) is 10.6. The van der Waals surface area contributed by atoms with E-state index in [0.717, 1.165) is 0 Å². The van der Waals surface area contributed by atoms with Crippen LogP contribution in [0.1, 0.15) is 36.0 Å². The SMILES string of the molecule is CC(C)c1ocnc1C(=O)Nc1ccnc(Oc2ccccc2)c1. The molecular weight excluding hydrogens is 306 g/mol. The maximum absolute atomic E-state index is 12.4. The predicted molar refractivity (Wildman–Crippen MR) is 89.3 cm³/mol. The fraction of sp³-hybridized carbons (Fsp3) is 0.167. The average Bonchev–Trinajstić information content (AvgIpc) is 3.06.